The highest BCUT2D eigenvalue weighted by atomic mass is 28.2. The third kappa shape index (κ3) is 4.63. The number of nitrogens with zero attached hydrogens (tertiary/aromatic N) is 1. The van der Waals surface area contributed by atoms with Gasteiger partial charge in [-0.1, -0.05) is 6.92 Å². The van der Waals surface area contributed by atoms with Crippen LogP contribution in [0.4, 0.5) is 0 Å². The largest absolute Gasteiger partial charge is 0.401 e. The third-order valence-electron chi connectivity index (χ3n) is 2.28. The Morgan fingerprint density at radius 2 is 1.53 bits per heavy atom. The van der Waals surface area contributed by atoms with Crippen molar-refractivity contribution in [1.82, 2.24) is 10.2 Å². The highest BCUT2D eigenvalue weighted by Gasteiger charge is 2.36. The number of nitrogens with one attached hydrogen (secondary N) is 1. The maximum atomic E-state index is 5.66. The van der Waals surface area contributed by atoms with Gasteiger partial charge in [-0.3, -0.25) is 10.2 Å². The fourth-order valence-electron chi connectivity index (χ4n) is 2.16. The van der Waals surface area contributed by atoms with Crippen LogP contribution < -0.4 is 5.32 Å². The van der Waals surface area contributed by atoms with Gasteiger partial charge in [0.2, 0.25) is 0 Å². The average molecular weight is 232 g/mol. The predicted molar refractivity (Wildman–Crippen MR) is 69.8 cm³/mol. The molecule has 0 rings (SSSR count). The molecule has 1 unspecified atom stereocenters. The molecule has 0 radical (unpaired) electrons. The molecule has 0 fully saturated rings. The highest BCUT2D eigenvalue weighted by molar-refractivity contribution is 5.98. The van der Waals surface area contributed by atoms with Crippen LogP contribution >= 0.6 is 0 Å². The van der Waals surface area contributed by atoms with Crippen LogP contribution in [-0.4, -0.2) is 39.4 Å². The van der Waals surface area contributed by atoms with E-state index in [0.29, 0.717) is 0 Å². The highest BCUT2D eigenvalue weighted by Crippen LogP contribution is 2.26. The smallest absolute Gasteiger partial charge is 0.156 e. The van der Waals surface area contributed by atoms with Gasteiger partial charge in [-0.15, -0.1) is 0 Å². The van der Waals surface area contributed by atoms with Gasteiger partial charge in [0.1, 0.15) is 10.5 Å². The lowest BCUT2D eigenvalue weighted by atomic mass is 9.96. The summed E-state index contributed by atoms with van der Waals surface area (Å²) in [6.07, 6.45) is 0.0293. The van der Waals surface area contributed by atoms with Crippen molar-refractivity contribution in [2.45, 2.75) is 65.9 Å². The Kier molecular flexibility index (Phi) is 5.47. The molecule has 3 nitrogen and oxygen atoms in total. The topological polar surface area (TPSA) is 24.5 Å². The lowest BCUT2D eigenvalue weighted by Gasteiger charge is -2.49. The second-order valence-electron chi connectivity index (χ2n) is 5.86. The molecule has 0 heterocycles. The van der Waals surface area contributed by atoms with E-state index in [2.05, 4.69) is 58.7 Å². The molecule has 15 heavy (non-hydrogen) atoms. The molecule has 0 amide bonds. The van der Waals surface area contributed by atoms with E-state index in [1.165, 1.54) is 0 Å². The van der Waals surface area contributed by atoms with Gasteiger partial charge in [-0.2, -0.15) is 0 Å². The molecule has 0 bridgehead atoms. The standard InChI is InChI=1S/C11H28N2OSi/c1-8-12-9(14-15)13(10(2,3)4)11(5,6)7/h9,12H,8H2,1-7,15H3. The molecule has 92 valence electrons. The fraction of sp³-hybridized carbons (Fsp3) is 1.00. The van der Waals surface area contributed by atoms with Crippen LogP contribution in [0, 0.1) is 0 Å². The monoisotopic (exact) mass is 232 g/mol. The zero-order valence-electron chi connectivity index (χ0n) is 11.6. The van der Waals surface area contributed by atoms with Gasteiger partial charge < -0.3 is 4.43 Å². The summed E-state index contributed by atoms with van der Waals surface area (Å²) >= 11 is 0. The van der Waals surface area contributed by atoms with Crippen LogP contribution in [0.3, 0.4) is 0 Å². The molecule has 0 saturated carbocycles. The first-order valence-corrected chi connectivity index (χ1v) is 6.52. The molecule has 0 aromatic carbocycles. The van der Waals surface area contributed by atoms with Gasteiger partial charge in [0.05, 0.1) is 0 Å². The van der Waals surface area contributed by atoms with Gasteiger partial charge in [0, 0.05) is 11.1 Å². The molecule has 0 saturated heterocycles. The predicted octanol–water partition coefficient (Wildman–Crippen LogP) is 1.08. The summed E-state index contributed by atoms with van der Waals surface area (Å²) < 4.78 is 5.66. The number of rotatable bonds is 4. The van der Waals surface area contributed by atoms with Crippen LogP contribution in [0.25, 0.3) is 0 Å². The lowest BCUT2D eigenvalue weighted by Crippen LogP contribution is -2.62. The summed E-state index contributed by atoms with van der Waals surface area (Å²) in [5, 5.41) is 3.38. The fourth-order valence-corrected chi connectivity index (χ4v) is 2.54. The van der Waals surface area contributed by atoms with Gasteiger partial charge in [-0.05, 0) is 48.1 Å². The van der Waals surface area contributed by atoms with Crippen LogP contribution in [0.2, 0.25) is 0 Å². The van der Waals surface area contributed by atoms with E-state index in [9.17, 15) is 0 Å². The van der Waals surface area contributed by atoms with E-state index in [4.69, 9.17) is 4.43 Å². The van der Waals surface area contributed by atoms with Crippen LogP contribution in [0.15, 0.2) is 0 Å². The second kappa shape index (κ2) is 5.43. The van der Waals surface area contributed by atoms with E-state index >= 15 is 0 Å². The Balaban J connectivity index is 4.92. The van der Waals surface area contributed by atoms with Crippen molar-refractivity contribution in [2.75, 3.05) is 6.54 Å². The van der Waals surface area contributed by atoms with Crippen molar-refractivity contribution < 1.29 is 4.43 Å². The van der Waals surface area contributed by atoms with E-state index < -0.39 is 0 Å². The Hall–Kier alpha value is 0.0969. The maximum absolute atomic E-state index is 5.66. The quantitative estimate of drug-likeness (QED) is 0.580. The Morgan fingerprint density at radius 1 is 1.13 bits per heavy atom. The molecule has 0 aromatic rings. The Bertz CT molecular complexity index is 170. The van der Waals surface area contributed by atoms with E-state index in [-0.39, 0.29) is 17.4 Å². The van der Waals surface area contributed by atoms with Gasteiger partial charge in [-0.25, -0.2) is 0 Å². The Labute approximate surface area is 98.1 Å². The minimum Gasteiger partial charge on any atom is -0.401 e. The molecule has 1 N–H and O–H groups in total. The van der Waals surface area contributed by atoms with Crippen LogP contribution in [-0.2, 0) is 4.43 Å². The van der Waals surface area contributed by atoms with Crippen molar-refractivity contribution in [1.29, 1.82) is 0 Å². The van der Waals surface area contributed by atoms with Gasteiger partial charge >= 0.3 is 0 Å². The van der Waals surface area contributed by atoms with Crippen LogP contribution in [0.1, 0.15) is 48.5 Å². The molecule has 4 heteroatoms. The van der Waals surface area contributed by atoms with E-state index in [1.807, 2.05) is 0 Å². The molecular formula is C11H28N2OSi. The summed E-state index contributed by atoms with van der Waals surface area (Å²) in [5.74, 6) is 0. The second-order valence-corrected chi connectivity index (χ2v) is 6.33. The van der Waals surface area contributed by atoms with Gasteiger partial charge in [0.25, 0.3) is 0 Å². The maximum Gasteiger partial charge on any atom is 0.156 e. The third-order valence-corrected chi connectivity index (χ3v) is 2.73. The minimum atomic E-state index is 0.0293. The summed E-state index contributed by atoms with van der Waals surface area (Å²) in [4.78, 5) is 2.39. The Morgan fingerprint density at radius 3 is 1.73 bits per heavy atom. The first kappa shape index (κ1) is 15.1. The number of hydrogen-bond acceptors (Lipinski definition) is 3. The summed E-state index contributed by atoms with van der Waals surface area (Å²) in [7, 11) is 0.748. The average Bonchev–Trinajstić information content (AvgIpc) is 1.98. The first-order valence-electron chi connectivity index (χ1n) is 5.70. The van der Waals surface area contributed by atoms with E-state index in [0.717, 1.165) is 17.0 Å². The summed E-state index contributed by atoms with van der Waals surface area (Å²) in [6.45, 7) is 16.4. The van der Waals surface area contributed by atoms with E-state index in [1.54, 1.807) is 0 Å². The molecule has 0 aliphatic carbocycles. The SMILES string of the molecule is CCNC(O[SiH3])N(C(C)(C)C)C(C)(C)C. The van der Waals surface area contributed by atoms with Crippen molar-refractivity contribution >= 4 is 10.5 Å². The van der Waals surface area contributed by atoms with Crippen molar-refractivity contribution in [2.24, 2.45) is 0 Å². The molecule has 0 aromatic heterocycles. The lowest BCUT2D eigenvalue weighted by molar-refractivity contribution is -0.103. The minimum absolute atomic E-state index is 0.0293. The van der Waals surface area contributed by atoms with Crippen molar-refractivity contribution in [3.05, 3.63) is 0 Å². The first-order chi connectivity index (χ1) is 6.64. The van der Waals surface area contributed by atoms with Crippen molar-refractivity contribution in [3.8, 4) is 0 Å². The van der Waals surface area contributed by atoms with Crippen LogP contribution in [0.5, 0.6) is 0 Å². The summed E-state index contributed by atoms with van der Waals surface area (Å²) in [6, 6.07) is 0. The molecule has 0 aliphatic heterocycles. The zero-order chi connectivity index (χ0) is 12.3. The molecule has 1 atom stereocenters. The van der Waals surface area contributed by atoms with Crippen molar-refractivity contribution in [3.63, 3.8) is 0 Å². The molecule has 0 spiro atoms. The molecular weight excluding hydrogens is 204 g/mol. The summed E-state index contributed by atoms with van der Waals surface area (Å²) in [5.41, 5.74) is 0.186. The van der Waals surface area contributed by atoms with Gasteiger partial charge in [0.15, 0.2) is 6.35 Å². The number of hydrogen-bond donors (Lipinski definition) is 1. The zero-order valence-corrected chi connectivity index (χ0v) is 13.6. The molecule has 0 aliphatic rings. The normalized spacial score (nSPS) is 16.0.